The highest BCUT2D eigenvalue weighted by molar-refractivity contribution is 8.15. The fraction of sp³-hybridized carbons (Fsp3) is 0.308. The predicted molar refractivity (Wildman–Crippen MR) is 78.6 cm³/mol. The van der Waals surface area contributed by atoms with Gasteiger partial charge in [0.05, 0.1) is 17.5 Å². The highest BCUT2D eigenvalue weighted by atomic mass is 32.2. The number of carbonyl (C=O) groups excluding carboxylic acids is 1. The standard InChI is InChI=1S/C13H9F6N3O2S/c14-12(15,16)6-24-9-3-7(1-2-8(9)13(17,18)19)4-20-22-11-21-10(23)5-25-11/h1-4H,5-6H2,(H,21,22,23). The number of alkyl halides is 6. The molecule has 0 aromatic heterocycles. The molecule has 1 aliphatic rings. The first-order valence-corrected chi connectivity index (χ1v) is 7.47. The summed E-state index contributed by atoms with van der Waals surface area (Å²) in [6.07, 6.45) is -8.63. The second-order valence-corrected chi connectivity index (χ2v) is 5.61. The summed E-state index contributed by atoms with van der Waals surface area (Å²) in [5.41, 5.74) is -1.29. The molecular weight excluding hydrogens is 376 g/mol. The zero-order chi connectivity index (χ0) is 18.7. The molecule has 1 heterocycles. The van der Waals surface area contributed by atoms with Crippen LogP contribution in [0.3, 0.4) is 0 Å². The molecule has 136 valence electrons. The van der Waals surface area contributed by atoms with Gasteiger partial charge in [0.15, 0.2) is 11.8 Å². The fourth-order valence-corrected chi connectivity index (χ4v) is 2.29. The van der Waals surface area contributed by atoms with Crippen LogP contribution in [0.5, 0.6) is 5.75 Å². The van der Waals surface area contributed by atoms with E-state index in [1.54, 1.807) is 0 Å². The van der Waals surface area contributed by atoms with Gasteiger partial charge in [0, 0.05) is 0 Å². The number of ether oxygens (including phenoxy) is 1. The number of rotatable bonds is 4. The smallest absolute Gasteiger partial charge is 0.422 e. The Hall–Kier alpha value is -2.24. The molecule has 1 aromatic rings. The second kappa shape index (κ2) is 7.33. The lowest BCUT2D eigenvalue weighted by atomic mass is 10.1. The molecule has 2 rings (SSSR count). The Bertz CT molecular complexity index is 715. The van der Waals surface area contributed by atoms with Crippen LogP contribution < -0.4 is 10.1 Å². The largest absolute Gasteiger partial charge is 0.483 e. The number of amidine groups is 1. The average Bonchev–Trinajstić information content (AvgIpc) is 2.89. The van der Waals surface area contributed by atoms with E-state index < -0.39 is 30.3 Å². The highest BCUT2D eigenvalue weighted by Crippen LogP contribution is 2.37. The Balaban J connectivity index is 2.20. The monoisotopic (exact) mass is 385 g/mol. The number of nitrogens with one attached hydrogen (secondary N) is 1. The summed E-state index contributed by atoms with van der Waals surface area (Å²) < 4.78 is 79.3. The first-order chi connectivity index (χ1) is 11.5. The Morgan fingerprint density at radius 3 is 2.52 bits per heavy atom. The molecule has 25 heavy (non-hydrogen) atoms. The molecular formula is C13H9F6N3O2S. The molecule has 0 bridgehead atoms. The number of halogens is 6. The average molecular weight is 385 g/mol. The van der Waals surface area contributed by atoms with Crippen LogP contribution in [0.25, 0.3) is 0 Å². The summed E-state index contributed by atoms with van der Waals surface area (Å²) in [7, 11) is 0. The van der Waals surface area contributed by atoms with E-state index in [1.807, 2.05) is 0 Å². The molecule has 0 aliphatic carbocycles. The number of carbonyl (C=O) groups is 1. The fourth-order valence-electron chi connectivity index (χ4n) is 1.66. The number of nitrogens with zero attached hydrogens (tertiary/aromatic N) is 2. The van der Waals surface area contributed by atoms with E-state index in [2.05, 4.69) is 20.3 Å². The maximum Gasteiger partial charge on any atom is 0.422 e. The minimum absolute atomic E-state index is 0.0452. The quantitative estimate of drug-likeness (QED) is 0.492. The third-order valence-corrected chi connectivity index (χ3v) is 3.51. The molecule has 0 unspecified atom stereocenters. The molecule has 1 fully saturated rings. The lowest BCUT2D eigenvalue weighted by Crippen LogP contribution is -2.21. The van der Waals surface area contributed by atoms with Gasteiger partial charge < -0.3 is 10.1 Å². The van der Waals surface area contributed by atoms with Crippen LogP contribution in [0.4, 0.5) is 26.3 Å². The minimum atomic E-state index is -4.87. The molecule has 1 aliphatic heterocycles. The maximum absolute atomic E-state index is 12.8. The third-order valence-electron chi connectivity index (χ3n) is 2.64. The summed E-state index contributed by atoms with van der Waals surface area (Å²) in [6.45, 7) is -1.86. The normalized spacial score (nSPS) is 17.4. The van der Waals surface area contributed by atoms with Gasteiger partial charge in [-0.3, -0.25) is 4.79 Å². The molecule has 5 nitrogen and oxygen atoms in total. The highest BCUT2D eigenvalue weighted by Gasteiger charge is 2.36. The molecule has 0 saturated carbocycles. The van der Waals surface area contributed by atoms with Gasteiger partial charge in [-0.05, 0) is 17.7 Å². The summed E-state index contributed by atoms with van der Waals surface area (Å²) in [5, 5.41) is 9.79. The van der Waals surface area contributed by atoms with Crippen LogP contribution in [-0.2, 0) is 11.0 Å². The van der Waals surface area contributed by atoms with Crippen LogP contribution in [0.15, 0.2) is 28.4 Å². The number of thioether (sulfide) groups is 1. The van der Waals surface area contributed by atoms with Crippen molar-refractivity contribution >= 4 is 29.1 Å². The molecule has 0 radical (unpaired) electrons. The molecule has 1 amide bonds. The van der Waals surface area contributed by atoms with E-state index >= 15 is 0 Å². The lowest BCUT2D eigenvalue weighted by Gasteiger charge is -2.15. The van der Waals surface area contributed by atoms with Crippen molar-refractivity contribution in [3.05, 3.63) is 29.3 Å². The van der Waals surface area contributed by atoms with Crippen LogP contribution in [-0.4, -0.2) is 35.8 Å². The first-order valence-electron chi connectivity index (χ1n) is 6.49. The molecule has 12 heteroatoms. The van der Waals surface area contributed by atoms with E-state index in [9.17, 15) is 31.1 Å². The van der Waals surface area contributed by atoms with Crippen molar-refractivity contribution in [1.29, 1.82) is 0 Å². The van der Waals surface area contributed by atoms with Crippen molar-refractivity contribution in [2.45, 2.75) is 12.4 Å². The van der Waals surface area contributed by atoms with Gasteiger partial charge in [-0.1, -0.05) is 17.8 Å². The first kappa shape index (κ1) is 19.1. The Morgan fingerprint density at radius 1 is 1.24 bits per heavy atom. The van der Waals surface area contributed by atoms with Gasteiger partial charge in [0.25, 0.3) is 0 Å². The molecule has 1 aromatic carbocycles. The predicted octanol–water partition coefficient (Wildman–Crippen LogP) is 3.20. The van der Waals surface area contributed by atoms with Gasteiger partial charge in [0.2, 0.25) is 5.91 Å². The SMILES string of the molecule is O=C1CSC(=NN=Cc2ccc(C(F)(F)F)c(OCC(F)(F)F)c2)N1. The zero-order valence-corrected chi connectivity index (χ0v) is 12.9. The Morgan fingerprint density at radius 2 is 1.96 bits per heavy atom. The second-order valence-electron chi connectivity index (χ2n) is 4.64. The summed E-state index contributed by atoms with van der Waals surface area (Å²) >= 11 is 1.08. The van der Waals surface area contributed by atoms with Crippen LogP contribution in [0, 0.1) is 0 Å². The van der Waals surface area contributed by atoms with E-state index in [0.717, 1.165) is 30.1 Å². The van der Waals surface area contributed by atoms with Gasteiger partial charge >= 0.3 is 12.4 Å². The van der Waals surface area contributed by atoms with Crippen molar-refractivity contribution in [2.24, 2.45) is 10.2 Å². The molecule has 0 spiro atoms. The van der Waals surface area contributed by atoms with E-state index in [1.165, 1.54) is 0 Å². The Kier molecular flexibility index (Phi) is 5.60. The third kappa shape index (κ3) is 5.96. The van der Waals surface area contributed by atoms with Gasteiger partial charge in [0.1, 0.15) is 5.75 Å². The number of hydrogen-bond acceptors (Lipinski definition) is 5. The number of hydrogen-bond donors (Lipinski definition) is 1. The number of benzene rings is 1. The van der Waals surface area contributed by atoms with Crippen molar-refractivity contribution in [2.75, 3.05) is 12.4 Å². The van der Waals surface area contributed by atoms with Crippen LogP contribution >= 0.6 is 11.8 Å². The van der Waals surface area contributed by atoms with Crippen molar-refractivity contribution in [3.63, 3.8) is 0 Å². The van der Waals surface area contributed by atoms with Gasteiger partial charge in [-0.15, -0.1) is 5.10 Å². The summed E-state index contributed by atoms with van der Waals surface area (Å²) in [4.78, 5) is 10.9. The van der Waals surface area contributed by atoms with Gasteiger partial charge in [-0.25, -0.2) is 0 Å². The lowest BCUT2D eigenvalue weighted by molar-refractivity contribution is -0.158. The van der Waals surface area contributed by atoms with Crippen molar-refractivity contribution in [3.8, 4) is 5.75 Å². The molecule has 0 atom stereocenters. The van der Waals surface area contributed by atoms with Crippen molar-refractivity contribution in [1.82, 2.24) is 5.32 Å². The molecule has 1 saturated heterocycles. The Labute approximate surface area is 141 Å². The van der Waals surface area contributed by atoms with Crippen molar-refractivity contribution < 1.29 is 35.9 Å². The topological polar surface area (TPSA) is 63.0 Å². The molecule has 1 N–H and O–H groups in total. The summed E-state index contributed by atoms with van der Waals surface area (Å²) in [6, 6.07) is 2.37. The van der Waals surface area contributed by atoms with Crippen LogP contribution in [0.2, 0.25) is 0 Å². The minimum Gasteiger partial charge on any atom is -0.483 e. The van der Waals surface area contributed by atoms with Gasteiger partial charge in [-0.2, -0.15) is 31.4 Å². The zero-order valence-electron chi connectivity index (χ0n) is 12.1. The van der Waals surface area contributed by atoms with Crippen LogP contribution in [0.1, 0.15) is 11.1 Å². The number of amides is 1. The van der Waals surface area contributed by atoms with E-state index in [-0.39, 0.29) is 22.4 Å². The van der Waals surface area contributed by atoms with E-state index in [4.69, 9.17) is 0 Å². The maximum atomic E-state index is 12.8. The van der Waals surface area contributed by atoms with E-state index in [0.29, 0.717) is 6.07 Å². The summed E-state index contributed by atoms with van der Waals surface area (Å²) in [5.74, 6) is -1.06.